The van der Waals surface area contributed by atoms with Crippen LogP contribution in [0.15, 0.2) is 91.1 Å². The summed E-state index contributed by atoms with van der Waals surface area (Å²) in [6, 6.07) is 13.3. The number of amides is 7. The minimum absolute atomic E-state index is 0.000290. The molecule has 25 heteroatoms. The Morgan fingerprint density at radius 2 is 1.25 bits per heavy atom. The molecule has 4 aromatic rings. The Kier molecular flexibility index (Phi) is 25.2. The average Bonchev–Trinajstić information content (AvgIpc) is 3.78. The van der Waals surface area contributed by atoms with Gasteiger partial charge in [0.1, 0.15) is 36.3 Å². The number of aromatic amines is 1. The van der Waals surface area contributed by atoms with Crippen LogP contribution in [0.4, 0.5) is 0 Å². The molecule has 0 spiro atoms. The number of hydrogen-bond donors (Lipinski definition) is 14. The van der Waals surface area contributed by atoms with Gasteiger partial charge in [-0.3, -0.25) is 38.4 Å². The van der Waals surface area contributed by atoms with Crippen LogP contribution in [-0.4, -0.2) is 157 Å². The fourth-order valence-corrected chi connectivity index (χ4v) is 10.1. The van der Waals surface area contributed by atoms with Crippen molar-refractivity contribution in [2.75, 3.05) is 18.1 Å². The number of carboxylic acids is 2. The number of nitrogens with two attached hydrogens (primary N) is 2. The van der Waals surface area contributed by atoms with Crippen molar-refractivity contribution in [3.63, 3.8) is 0 Å². The predicted octanol–water partition coefficient (Wildman–Crippen LogP) is -0.622. The topological polar surface area (TPSA) is 387 Å². The summed E-state index contributed by atoms with van der Waals surface area (Å²) in [5.41, 5.74) is 14.9. The fourth-order valence-electron chi connectivity index (χ4n) is 7.77. The van der Waals surface area contributed by atoms with E-state index in [0.717, 1.165) is 51.9 Å². The number of aliphatic hydroxyl groups excluding tert-OH is 2. The Morgan fingerprint density at radius 3 is 1.86 bits per heavy atom. The summed E-state index contributed by atoms with van der Waals surface area (Å²) in [6.07, 6.45) is -0.764. The van der Waals surface area contributed by atoms with E-state index < -0.39 is 114 Å². The van der Waals surface area contributed by atoms with E-state index in [9.17, 15) is 53.7 Å². The largest absolute Gasteiger partial charge is 0.481 e. The number of rotatable bonds is 17. The maximum atomic E-state index is 14.7. The monoisotopic (exact) mass is 1090 g/mol. The molecule has 5 rings (SSSR count). The van der Waals surface area contributed by atoms with E-state index in [0.29, 0.717) is 24.0 Å². The highest BCUT2D eigenvalue weighted by Crippen LogP contribution is 2.24. The molecular weight excluding hydrogens is 1020 g/mol. The van der Waals surface area contributed by atoms with E-state index in [1.54, 1.807) is 66.9 Å². The Hall–Kier alpha value is -7.03. The van der Waals surface area contributed by atoms with Gasteiger partial charge in [-0.05, 0) is 68.8 Å². The standard InChI is InChI=1S/C49H64N10O11S2.C2H4O2/c1-27(60)40-48(68)57-39(47(67)59-41(28(2)61)49(69)70)26-72-71-25-38(56-42(62)33(51)21-29-13-5-3-6-14-29)46(66)54-36(22-30-15-7-4-8-16-30)44(64)55-37(23-31-24-52-34-18-10-9-17-32(31)34)45(65)53-35(43(63)58-40)19-11-12-20-50;1-2(3)4/h3-10,13-18,24,27-28,33,35-41,52,60-61H,11-12,19-23,25-26,50-51H2,1-2H3,(H,53,65)(H,54,66)(H,55,64)(H,56,62)(H,57,68)(H,58,63)(H,59,67)(H,69,70);1H3,(H,3,4)/t27-,28-,33-,35+,36+,37-,38+,39+,40-,41+;/m1./s1. The average molecular weight is 1090 g/mol. The number of benzene rings is 3. The van der Waals surface area contributed by atoms with Crippen LogP contribution in [0.3, 0.4) is 0 Å². The third-order valence-corrected chi connectivity index (χ3v) is 14.2. The molecule has 412 valence electrons. The summed E-state index contributed by atoms with van der Waals surface area (Å²) >= 11 is 0. The first kappa shape index (κ1) is 61.5. The van der Waals surface area contributed by atoms with Gasteiger partial charge < -0.3 is 74.1 Å². The molecule has 76 heavy (non-hydrogen) atoms. The molecule has 0 saturated carbocycles. The molecule has 1 fully saturated rings. The number of aromatic nitrogens is 1. The predicted molar refractivity (Wildman–Crippen MR) is 286 cm³/mol. The molecule has 1 aliphatic rings. The number of unbranched alkanes of at least 4 members (excludes halogenated alkanes) is 1. The smallest absolute Gasteiger partial charge is 0.328 e. The molecular formula is C51H68N10O13S2. The number of fused-ring (bicyclic) bond motifs is 1. The van der Waals surface area contributed by atoms with Crippen molar-refractivity contribution in [2.45, 2.75) is 120 Å². The molecule has 3 aromatic carbocycles. The third kappa shape index (κ3) is 19.9. The number of H-pyrrole nitrogens is 1. The van der Waals surface area contributed by atoms with Crippen LogP contribution in [0.2, 0.25) is 0 Å². The third-order valence-electron chi connectivity index (χ3n) is 11.8. The lowest BCUT2D eigenvalue weighted by atomic mass is 10.0. The first-order chi connectivity index (χ1) is 36.2. The Morgan fingerprint density at radius 1 is 0.697 bits per heavy atom. The van der Waals surface area contributed by atoms with Crippen LogP contribution < -0.4 is 48.7 Å². The summed E-state index contributed by atoms with van der Waals surface area (Å²) in [5.74, 6) is -9.07. The van der Waals surface area contributed by atoms with E-state index in [1.807, 2.05) is 24.3 Å². The molecule has 0 unspecified atom stereocenters. The molecule has 0 aliphatic carbocycles. The zero-order chi connectivity index (χ0) is 55.9. The number of aliphatic carboxylic acids is 2. The lowest BCUT2D eigenvalue weighted by molar-refractivity contribution is -0.145. The summed E-state index contributed by atoms with van der Waals surface area (Å²) in [7, 11) is 1.91. The van der Waals surface area contributed by atoms with Gasteiger partial charge in [0.05, 0.1) is 18.2 Å². The highest BCUT2D eigenvalue weighted by atomic mass is 33.1. The number of carbonyl (C=O) groups excluding carboxylic acids is 7. The van der Waals surface area contributed by atoms with Crippen LogP contribution in [0.1, 0.15) is 56.7 Å². The first-order valence-electron chi connectivity index (χ1n) is 24.4. The first-order valence-corrected chi connectivity index (χ1v) is 26.9. The second kappa shape index (κ2) is 31.1. The molecule has 1 aromatic heterocycles. The Balaban J connectivity index is 0.00000301. The van der Waals surface area contributed by atoms with Crippen LogP contribution in [0.25, 0.3) is 10.9 Å². The zero-order valence-corrected chi connectivity index (χ0v) is 43.9. The minimum Gasteiger partial charge on any atom is -0.481 e. The maximum Gasteiger partial charge on any atom is 0.328 e. The van der Waals surface area contributed by atoms with Crippen molar-refractivity contribution in [3.8, 4) is 0 Å². The Labute approximate surface area is 447 Å². The summed E-state index contributed by atoms with van der Waals surface area (Å²) < 4.78 is 0. The van der Waals surface area contributed by atoms with Gasteiger partial charge in [-0.15, -0.1) is 0 Å². The number of hydrogen-bond acceptors (Lipinski definition) is 15. The van der Waals surface area contributed by atoms with E-state index in [1.165, 1.54) is 6.92 Å². The molecule has 0 bridgehead atoms. The van der Waals surface area contributed by atoms with E-state index >= 15 is 0 Å². The van der Waals surface area contributed by atoms with Crippen LogP contribution in [0, 0.1) is 0 Å². The van der Waals surface area contributed by atoms with Crippen LogP contribution >= 0.6 is 21.6 Å². The van der Waals surface area contributed by atoms with Crippen LogP contribution in [-0.2, 0) is 62.4 Å². The molecule has 2 heterocycles. The minimum atomic E-state index is -1.80. The quantitative estimate of drug-likeness (QED) is 0.0463. The maximum absolute atomic E-state index is 14.7. The number of carbonyl (C=O) groups is 9. The lowest BCUT2D eigenvalue weighted by Gasteiger charge is -2.29. The SMILES string of the molecule is CC(=O)O.C[C@@H](O)[C@H](NC(=O)[C@@H]1CSSC[C@H](NC(=O)[C@H](N)Cc2ccccc2)C(=O)N[C@@H](Cc2ccccc2)C(=O)N[C@H](Cc2c[nH]c3ccccc23)C(=O)N[C@@H](CCCCN)C(=O)N[C@H]([C@@H](C)O)C(=O)N1)C(=O)O. The number of carboxylic acid groups (broad SMARTS) is 2. The molecule has 23 nitrogen and oxygen atoms in total. The molecule has 7 amide bonds. The fraction of sp³-hybridized carbons (Fsp3) is 0.431. The van der Waals surface area contributed by atoms with E-state index in [2.05, 4.69) is 42.2 Å². The second-order valence-electron chi connectivity index (χ2n) is 18.0. The second-order valence-corrected chi connectivity index (χ2v) is 20.6. The van der Waals surface area contributed by atoms with Gasteiger partial charge in [-0.1, -0.05) is 100 Å². The number of para-hydroxylation sites is 1. The summed E-state index contributed by atoms with van der Waals surface area (Å²) in [5, 5.41) is 57.1. The van der Waals surface area contributed by atoms with Gasteiger partial charge in [-0.2, -0.15) is 0 Å². The normalized spacial score (nSPS) is 21.8. The van der Waals surface area contributed by atoms with E-state index in [4.69, 9.17) is 21.4 Å². The molecule has 1 aliphatic heterocycles. The Bertz CT molecular complexity index is 2590. The summed E-state index contributed by atoms with van der Waals surface area (Å²) in [4.78, 5) is 124. The van der Waals surface area contributed by atoms with Crippen LogP contribution in [0.5, 0.6) is 0 Å². The molecule has 1 saturated heterocycles. The zero-order valence-electron chi connectivity index (χ0n) is 42.2. The van der Waals surface area contributed by atoms with Crippen molar-refractivity contribution < 1.29 is 63.6 Å². The molecule has 0 radical (unpaired) electrons. The van der Waals surface area contributed by atoms with Gasteiger partial charge in [0.2, 0.25) is 41.4 Å². The summed E-state index contributed by atoms with van der Waals surface area (Å²) in [6.45, 7) is 3.68. The van der Waals surface area contributed by atoms with Gasteiger partial charge in [0.15, 0.2) is 6.04 Å². The van der Waals surface area contributed by atoms with Crippen molar-refractivity contribution in [3.05, 3.63) is 108 Å². The number of nitrogens with one attached hydrogen (secondary N) is 8. The molecule has 16 N–H and O–H groups in total. The van der Waals surface area contributed by atoms with Crippen molar-refractivity contribution in [1.82, 2.24) is 42.2 Å². The lowest BCUT2D eigenvalue weighted by Crippen LogP contribution is -2.62. The van der Waals surface area contributed by atoms with Gasteiger partial charge in [0, 0.05) is 48.4 Å². The van der Waals surface area contributed by atoms with Crippen molar-refractivity contribution in [2.24, 2.45) is 11.5 Å². The highest BCUT2D eigenvalue weighted by molar-refractivity contribution is 8.76. The van der Waals surface area contributed by atoms with E-state index in [-0.39, 0.29) is 43.7 Å². The van der Waals surface area contributed by atoms with Gasteiger partial charge in [-0.25, -0.2) is 4.79 Å². The van der Waals surface area contributed by atoms with Gasteiger partial charge >= 0.3 is 5.97 Å². The van der Waals surface area contributed by atoms with Crippen molar-refractivity contribution >= 4 is 85.8 Å². The van der Waals surface area contributed by atoms with Gasteiger partial charge in [0.25, 0.3) is 5.97 Å². The highest BCUT2D eigenvalue weighted by Gasteiger charge is 2.37. The molecule has 10 atom stereocenters. The van der Waals surface area contributed by atoms with Crippen molar-refractivity contribution in [1.29, 1.82) is 0 Å². The number of aliphatic hydroxyl groups is 2.